The van der Waals surface area contributed by atoms with E-state index in [0.717, 1.165) is 0 Å². The summed E-state index contributed by atoms with van der Waals surface area (Å²) in [5.41, 5.74) is 1.29. The Morgan fingerprint density at radius 3 is 2.95 bits per heavy atom. The zero-order chi connectivity index (χ0) is 14.0. The molecule has 1 aromatic carbocycles. The molecular formula is C13H16N2O4. The van der Waals surface area contributed by atoms with E-state index in [0.29, 0.717) is 17.1 Å². The van der Waals surface area contributed by atoms with Gasteiger partial charge in [-0.1, -0.05) is 0 Å². The number of hydrogen-bond donors (Lipinski definition) is 1. The molecule has 0 aliphatic carbocycles. The molecule has 2 rings (SSSR count). The number of anilines is 2. The van der Waals surface area contributed by atoms with Crippen molar-refractivity contribution >= 4 is 23.2 Å². The van der Waals surface area contributed by atoms with Gasteiger partial charge in [-0.3, -0.25) is 9.59 Å². The van der Waals surface area contributed by atoms with Crippen molar-refractivity contribution in [2.45, 2.75) is 13.0 Å². The summed E-state index contributed by atoms with van der Waals surface area (Å²) in [4.78, 5) is 24.7. The van der Waals surface area contributed by atoms with E-state index < -0.39 is 6.10 Å². The molecule has 1 aliphatic rings. The van der Waals surface area contributed by atoms with Gasteiger partial charge < -0.3 is 19.7 Å². The zero-order valence-electron chi connectivity index (χ0n) is 11.1. The van der Waals surface area contributed by atoms with Gasteiger partial charge in [0.1, 0.15) is 12.4 Å². The maximum absolute atomic E-state index is 11.8. The molecule has 2 amide bonds. The Kier molecular flexibility index (Phi) is 3.71. The highest BCUT2D eigenvalue weighted by atomic mass is 16.5. The first-order chi connectivity index (χ1) is 9.02. The van der Waals surface area contributed by atoms with Crippen molar-refractivity contribution in [3.63, 3.8) is 0 Å². The molecule has 1 N–H and O–H groups in total. The molecule has 6 nitrogen and oxygen atoms in total. The van der Waals surface area contributed by atoms with Gasteiger partial charge in [0.15, 0.2) is 6.10 Å². The summed E-state index contributed by atoms with van der Waals surface area (Å²) in [7, 11) is 3.15. The first-order valence-electron chi connectivity index (χ1n) is 5.90. The molecule has 0 spiro atoms. The van der Waals surface area contributed by atoms with Crippen molar-refractivity contribution < 1.29 is 19.1 Å². The molecule has 1 unspecified atom stereocenters. The number of nitrogens with zero attached hydrogens (tertiary/aromatic N) is 1. The molecule has 0 saturated heterocycles. The molecule has 0 bridgehead atoms. The van der Waals surface area contributed by atoms with Gasteiger partial charge in [-0.2, -0.15) is 0 Å². The Bertz CT molecular complexity index is 515. The lowest BCUT2D eigenvalue weighted by atomic mass is 10.2. The van der Waals surface area contributed by atoms with E-state index in [4.69, 9.17) is 9.47 Å². The van der Waals surface area contributed by atoms with Gasteiger partial charge in [0.2, 0.25) is 5.91 Å². The highest BCUT2D eigenvalue weighted by molar-refractivity contribution is 6.00. The summed E-state index contributed by atoms with van der Waals surface area (Å²) in [6, 6.07) is 5.15. The second kappa shape index (κ2) is 5.27. The Hall–Kier alpha value is -2.08. The number of nitrogens with one attached hydrogen (secondary N) is 1. The van der Waals surface area contributed by atoms with E-state index in [1.54, 1.807) is 37.1 Å². The molecule has 0 aromatic heterocycles. The maximum atomic E-state index is 11.8. The van der Waals surface area contributed by atoms with Crippen molar-refractivity contribution in [2.24, 2.45) is 0 Å². The molecule has 1 aliphatic heterocycles. The number of hydrogen-bond acceptors (Lipinski definition) is 4. The van der Waals surface area contributed by atoms with Crippen LogP contribution in [0.1, 0.15) is 6.92 Å². The molecular weight excluding hydrogens is 248 g/mol. The summed E-state index contributed by atoms with van der Waals surface area (Å²) in [6.45, 7) is 1.69. The molecule has 1 heterocycles. The Morgan fingerprint density at radius 1 is 1.53 bits per heavy atom. The SMILES string of the molecule is COCC(=O)Nc1ccc2c(c1)OC(C)C(=O)N2C. The van der Waals surface area contributed by atoms with Gasteiger partial charge >= 0.3 is 0 Å². The lowest BCUT2D eigenvalue weighted by Crippen LogP contribution is -2.41. The molecule has 102 valence electrons. The van der Waals surface area contributed by atoms with Crippen molar-refractivity contribution in [2.75, 3.05) is 31.0 Å². The zero-order valence-corrected chi connectivity index (χ0v) is 11.1. The van der Waals surface area contributed by atoms with Crippen LogP contribution in [0.4, 0.5) is 11.4 Å². The van der Waals surface area contributed by atoms with E-state index in [2.05, 4.69) is 5.32 Å². The molecule has 6 heteroatoms. The van der Waals surface area contributed by atoms with Gasteiger partial charge in [-0.05, 0) is 19.1 Å². The summed E-state index contributed by atoms with van der Waals surface area (Å²) < 4.78 is 10.3. The normalized spacial score (nSPS) is 17.7. The van der Waals surface area contributed by atoms with Crippen LogP contribution in [-0.4, -0.2) is 38.7 Å². The van der Waals surface area contributed by atoms with Crippen LogP contribution in [0.2, 0.25) is 0 Å². The minimum absolute atomic E-state index is 0.00721. The Balaban J connectivity index is 2.22. The van der Waals surface area contributed by atoms with E-state index in [9.17, 15) is 9.59 Å². The number of benzene rings is 1. The fourth-order valence-corrected chi connectivity index (χ4v) is 1.92. The van der Waals surface area contributed by atoms with E-state index in [-0.39, 0.29) is 18.4 Å². The number of likely N-dealkylation sites (N-methyl/N-ethyl adjacent to an activating group) is 1. The van der Waals surface area contributed by atoms with Gasteiger partial charge in [0.25, 0.3) is 5.91 Å². The lowest BCUT2D eigenvalue weighted by molar-refractivity contribution is -0.125. The molecule has 0 fully saturated rings. The highest BCUT2D eigenvalue weighted by Gasteiger charge is 2.28. The molecule has 19 heavy (non-hydrogen) atoms. The third kappa shape index (κ3) is 2.68. The minimum atomic E-state index is -0.526. The van der Waals surface area contributed by atoms with Crippen molar-refractivity contribution in [1.82, 2.24) is 0 Å². The molecule has 1 aromatic rings. The fourth-order valence-electron chi connectivity index (χ4n) is 1.92. The summed E-state index contributed by atoms with van der Waals surface area (Å²) in [5, 5.41) is 2.69. The van der Waals surface area contributed by atoms with E-state index >= 15 is 0 Å². The number of fused-ring (bicyclic) bond motifs is 1. The number of carbonyl (C=O) groups excluding carboxylic acids is 2. The average Bonchev–Trinajstić information content (AvgIpc) is 2.36. The predicted molar refractivity (Wildman–Crippen MR) is 70.4 cm³/mol. The van der Waals surface area contributed by atoms with Crippen LogP contribution in [0.15, 0.2) is 18.2 Å². The van der Waals surface area contributed by atoms with Crippen LogP contribution in [0.25, 0.3) is 0 Å². The average molecular weight is 264 g/mol. The second-order valence-electron chi connectivity index (χ2n) is 4.32. The van der Waals surface area contributed by atoms with Crippen LogP contribution < -0.4 is 15.0 Å². The van der Waals surface area contributed by atoms with Crippen LogP contribution in [0, 0.1) is 0 Å². The van der Waals surface area contributed by atoms with Crippen molar-refractivity contribution in [1.29, 1.82) is 0 Å². The van der Waals surface area contributed by atoms with Gasteiger partial charge in [-0.15, -0.1) is 0 Å². The van der Waals surface area contributed by atoms with Gasteiger partial charge in [0, 0.05) is 25.9 Å². The standard InChI is InChI=1S/C13H16N2O4/c1-8-13(17)15(2)10-5-4-9(6-11(10)19-8)14-12(16)7-18-3/h4-6,8H,7H2,1-3H3,(H,14,16). The highest BCUT2D eigenvalue weighted by Crippen LogP contribution is 2.35. The van der Waals surface area contributed by atoms with E-state index in [1.165, 1.54) is 7.11 Å². The molecule has 1 atom stereocenters. The topological polar surface area (TPSA) is 67.9 Å². The third-order valence-corrected chi connectivity index (χ3v) is 2.86. The Labute approximate surface area is 111 Å². The molecule has 0 saturated carbocycles. The first-order valence-corrected chi connectivity index (χ1v) is 5.90. The lowest BCUT2D eigenvalue weighted by Gasteiger charge is -2.30. The quantitative estimate of drug-likeness (QED) is 0.885. The predicted octanol–water partition coefficient (Wildman–Crippen LogP) is 1.02. The number of methoxy groups -OCH3 is 1. The number of carbonyl (C=O) groups is 2. The van der Waals surface area contributed by atoms with Crippen LogP contribution >= 0.6 is 0 Å². The van der Waals surface area contributed by atoms with Crippen molar-refractivity contribution in [3.8, 4) is 5.75 Å². The molecule has 0 radical (unpaired) electrons. The second-order valence-corrected chi connectivity index (χ2v) is 4.32. The minimum Gasteiger partial charge on any atom is -0.479 e. The number of rotatable bonds is 3. The summed E-state index contributed by atoms with van der Waals surface area (Å²) in [6.07, 6.45) is -0.526. The van der Waals surface area contributed by atoms with Crippen LogP contribution in [0.3, 0.4) is 0 Å². The van der Waals surface area contributed by atoms with Gasteiger partial charge in [0.05, 0.1) is 5.69 Å². The maximum Gasteiger partial charge on any atom is 0.267 e. The van der Waals surface area contributed by atoms with Crippen LogP contribution in [0.5, 0.6) is 5.75 Å². The van der Waals surface area contributed by atoms with Crippen molar-refractivity contribution in [3.05, 3.63) is 18.2 Å². The fraction of sp³-hybridized carbons (Fsp3) is 0.385. The summed E-state index contributed by atoms with van der Waals surface area (Å²) >= 11 is 0. The third-order valence-electron chi connectivity index (χ3n) is 2.86. The number of amides is 2. The smallest absolute Gasteiger partial charge is 0.267 e. The summed E-state index contributed by atoms with van der Waals surface area (Å²) in [5.74, 6) is 0.240. The van der Waals surface area contributed by atoms with E-state index in [1.807, 2.05) is 0 Å². The number of ether oxygens (including phenoxy) is 2. The monoisotopic (exact) mass is 264 g/mol. The van der Waals surface area contributed by atoms with Gasteiger partial charge in [-0.25, -0.2) is 0 Å². The van der Waals surface area contributed by atoms with Crippen LogP contribution in [-0.2, 0) is 14.3 Å². The largest absolute Gasteiger partial charge is 0.479 e. The first kappa shape index (κ1) is 13.4. The Morgan fingerprint density at radius 2 is 2.26 bits per heavy atom.